The molecule has 146 valence electrons. The maximum Gasteiger partial charge on any atom is 0.191 e. The molecule has 0 amide bonds. The molecule has 7 heteroatoms. The molecule has 0 spiro atoms. The van der Waals surface area contributed by atoms with E-state index in [-0.39, 0.29) is 0 Å². The lowest BCUT2D eigenvalue weighted by Gasteiger charge is -2.12. The summed E-state index contributed by atoms with van der Waals surface area (Å²) in [5.41, 5.74) is 3.46. The molecule has 0 aliphatic rings. The van der Waals surface area contributed by atoms with Crippen LogP contribution in [-0.2, 0) is 19.6 Å². The summed E-state index contributed by atoms with van der Waals surface area (Å²) in [6.07, 6.45) is 3.27. The molecule has 1 aromatic heterocycles. The molecule has 0 saturated carbocycles. The van der Waals surface area contributed by atoms with E-state index in [0.29, 0.717) is 19.6 Å². The van der Waals surface area contributed by atoms with Gasteiger partial charge in [-0.05, 0) is 35.7 Å². The minimum Gasteiger partial charge on any atom is -0.497 e. The van der Waals surface area contributed by atoms with E-state index in [1.807, 2.05) is 28.9 Å². The van der Waals surface area contributed by atoms with Gasteiger partial charge in [-0.25, -0.2) is 14.7 Å². The summed E-state index contributed by atoms with van der Waals surface area (Å²) in [6, 6.07) is 16.4. The van der Waals surface area contributed by atoms with Gasteiger partial charge in [0.05, 0.1) is 20.2 Å². The lowest BCUT2D eigenvalue weighted by Crippen LogP contribution is -2.36. The highest BCUT2D eigenvalue weighted by Crippen LogP contribution is 2.12. The molecule has 0 saturated heterocycles. The van der Waals surface area contributed by atoms with Gasteiger partial charge in [-0.1, -0.05) is 36.4 Å². The quantitative estimate of drug-likeness (QED) is 0.465. The van der Waals surface area contributed by atoms with Gasteiger partial charge in [0.2, 0.25) is 0 Å². The Bertz CT molecular complexity index is 891. The van der Waals surface area contributed by atoms with Crippen molar-refractivity contribution >= 4 is 5.96 Å². The normalized spacial score (nSPS) is 11.3. The lowest BCUT2D eigenvalue weighted by atomic mass is 10.1. The fourth-order valence-electron chi connectivity index (χ4n) is 2.81. The van der Waals surface area contributed by atoms with Crippen molar-refractivity contribution in [1.29, 1.82) is 0 Å². The van der Waals surface area contributed by atoms with Crippen molar-refractivity contribution in [2.24, 2.45) is 4.99 Å². The maximum atomic E-state index is 5.28. The zero-order valence-corrected chi connectivity index (χ0v) is 16.3. The standard InChI is InChI=1S/C21H26N6O/c1-3-23-21(25-13-18-7-5-9-20(11-18)28-2)24-12-17-6-4-8-19(10-17)14-27-16-22-15-26-27/h4-11,15-16H,3,12-14H2,1-2H3,(H2,23,24,25). The first-order valence-electron chi connectivity index (χ1n) is 9.32. The first-order valence-corrected chi connectivity index (χ1v) is 9.32. The number of ether oxygens (including phenoxy) is 1. The van der Waals surface area contributed by atoms with Crippen molar-refractivity contribution in [1.82, 2.24) is 25.4 Å². The molecular formula is C21H26N6O. The molecule has 0 radical (unpaired) electrons. The van der Waals surface area contributed by atoms with Crippen LogP contribution < -0.4 is 15.4 Å². The van der Waals surface area contributed by atoms with Crippen molar-refractivity contribution in [2.75, 3.05) is 13.7 Å². The average molecular weight is 378 g/mol. The second-order valence-corrected chi connectivity index (χ2v) is 6.31. The topological polar surface area (TPSA) is 76.4 Å². The predicted molar refractivity (Wildman–Crippen MR) is 110 cm³/mol. The summed E-state index contributed by atoms with van der Waals surface area (Å²) in [7, 11) is 1.68. The molecule has 0 aliphatic carbocycles. The molecule has 0 atom stereocenters. The molecule has 3 rings (SSSR count). The number of hydrogen-bond acceptors (Lipinski definition) is 4. The van der Waals surface area contributed by atoms with Crippen LogP contribution in [0.25, 0.3) is 0 Å². The third-order valence-corrected chi connectivity index (χ3v) is 4.16. The number of guanidine groups is 1. The van der Waals surface area contributed by atoms with Crippen LogP contribution in [0.3, 0.4) is 0 Å². The molecule has 28 heavy (non-hydrogen) atoms. The molecule has 2 N–H and O–H groups in total. The van der Waals surface area contributed by atoms with Gasteiger partial charge in [0.1, 0.15) is 18.4 Å². The van der Waals surface area contributed by atoms with Gasteiger partial charge in [0, 0.05) is 13.1 Å². The SMILES string of the molecule is CCNC(=NCc1cccc(Cn2cncn2)c1)NCc1cccc(OC)c1. The van der Waals surface area contributed by atoms with Gasteiger partial charge < -0.3 is 15.4 Å². The Morgan fingerprint density at radius 1 is 1.07 bits per heavy atom. The Morgan fingerprint density at radius 2 is 1.89 bits per heavy atom. The summed E-state index contributed by atoms with van der Waals surface area (Å²) in [4.78, 5) is 8.69. The number of aliphatic imine (C=N–C) groups is 1. The predicted octanol–water partition coefficient (Wildman–Crippen LogP) is 2.59. The van der Waals surface area contributed by atoms with Crippen LogP contribution in [0.5, 0.6) is 5.75 Å². The molecule has 7 nitrogen and oxygen atoms in total. The van der Waals surface area contributed by atoms with Gasteiger partial charge in [0.15, 0.2) is 5.96 Å². The van der Waals surface area contributed by atoms with Crippen LogP contribution in [0.2, 0.25) is 0 Å². The number of nitrogens with zero attached hydrogens (tertiary/aromatic N) is 4. The van der Waals surface area contributed by atoms with Crippen molar-refractivity contribution in [3.8, 4) is 5.75 Å². The van der Waals surface area contributed by atoms with Crippen LogP contribution in [0.1, 0.15) is 23.6 Å². The first kappa shape index (κ1) is 19.4. The summed E-state index contributed by atoms with van der Waals surface area (Å²) in [5, 5.41) is 10.8. The fraction of sp³-hybridized carbons (Fsp3) is 0.286. The molecular weight excluding hydrogens is 352 g/mol. The third-order valence-electron chi connectivity index (χ3n) is 4.16. The largest absolute Gasteiger partial charge is 0.497 e. The molecule has 0 bridgehead atoms. The van der Waals surface area contributed by atoms with Crippen molar-refractivity contribution in [2.45, 2.75) is 26.6 Å². The highest BCUT2D eigenvalue weighted by atomic mass is 16.5. The molecule has 3 aromatic rings. The van der Waals surface area contributed by atoms with Crippen molar-refractivity contribution in [3.63, 3.8) is 0 Å². The Labute approximate surface area is 165 Å². The molecule has 1 heterocycles. The molecule has 0 aliphatic heterocycles. The van der Waals surface area contributed by atoms with Crippen molar-refractivity contribution in [3.05, 3.63) is 77.9 Å². The van der Waals surface area contributed by atoms with Crippen LogP contribution in [0.15, 0.2) is 66.2 Å². The molecule has 0 unspecified atom stereocenters. The zero-order valence-electron chi connectivity index (χ0n) is 16.3. The Balaban J connectivity index is 1.62. The second kappa shape index (κ2) is 10.1. The number of hydrogen-bond donors (Lipinski definition) is 2. The molecule has 2 aromatic carbocycles. The summed E-state index contributed by atoms with van der Waals surface area (Å²) < 4.78 is 7.09. The van der Waals surface area contributed by atoms with E-state index in [9.17, 15) is 0 Å². The minimum absolute atomic E-state index is 0.596. The minimum atomic E-state index is 0.596. The van der Waals surface area contributed by atoms with E-state index in [0.717, 1.165) is 29.4 Å². The maximum absolute atomic E-state index is 5.28. The van der Waals surface area contributed by atoms with Gasteiger partial charge in [-0.3, -0.25) is 0 Å². The van der Waals surface area contributed by atoms with Crippen molar-refractivity contribution < 1.29 is 4.74 Å². The number of benzene rings is 2. The first-order chi connectivity index (χ1) is 13.8. The zero-order chi connectivity index (χ0) is 19.6. The Morgan fingerprint density at radius 3 is 2.68 bits per heavy atom. The number of methoxy groups -OCH3 is 1. The Hall–Kier alpha value is -3.35. The third kappa shape index (κ3) is 5.84. The van der Waals surface area contributed by atoms with Crippen LogP contribution in [0, 0.1) is 0 Å². The monoisotopic (exact) mass is 378 g/mol. The smallest absolute Gasteiger partial charge is 0.191 e. The van der Waals surface area contributed by atoms with Crippen LogP contribution in [0.4, 0.5) is 0 Å². The average Bonchev–Trinajstić information content (AvgIpc) is 3.23. The van der Waals surface area contributed by atoms with E-state index in [2.05, 4.69) is 51.9 Å². The summed E-state index contributed by atoms with van der Waals surface area (Å²) >= 11 is 0. The Kier molecular flexibility index (Phi) is 7.01. The van der Waals surface area contributed by atoms with E-state index in [1.165, 1.54) is 5.56 Å². The van der Waals surface area contributed by atoms with E-state index < -0.39 is 0 Å². The van der Waals surface area contributed by atoms with Gasteiger partial charge in [-0.2, -0.15) is 5.10 Å². The van der Waals surface area contributed by atoms with E-state index >= 15 is 0 Å². The summed E-state index contributed by atoms with van der Waals surface area (Å²) in [6.45, 7) is 4.83. The van der Waals surface area contributed by atoms with Crippen LogP contribution in [-0.4, -0.2) is 34.4 Å². The van der Waals surface area contributed by atoms with Gasteiger partial charge in [-0.15, -0.1) is 0 Å². The number of nitrogens with one attached hydrogen (secondary N) is 2. The van der Waals surface area contributed by atoms with Gasteiger partial charge >= 0.3 is 0 Å². The van der Waals surface area contributed by atoms with E-state index in [4.69, 9.17) is 9.73 Å². The summed E-state index contributed by atoms with van der Waals surface area (Å²) in [5.74, 6) is 1.64. The number of rotatable bonds is 8. The lowest BCUT2D eigenvalue weighted by molar-refractivity contribution is 0.414. The highest BCUT2D eigenvalue weighted by molar-refractivity contribution is 5.79. The van der Waals surface area contributed by atoms with Gasteiger partial charge in [0.25, 0.3) is 0 Å². The second-order valence-electron chi connectivity index (χ2n) is 6.31. The van der Waals surface area contributed by atoms with Crippen LogP contribution >= 0.6 is 0 Å². The molecule has 0 fully saturated rings. The highest BCUT2D eigenvalue weighted by Gasteiger charge is 2.02. The number of aromatic nitrogens is 3. The van der Waals surface area contributed by atoms with E-state index in [1.54, 1.807) is 19.8 Å². The fourth-order valence-corrected chi connectivity index (χ4v) is 2.81.